The Labute approximate surface area is 283 Å². The van der Waals surface area contributed by atoms with E-state index in [1.165, 1.54) is 0 Å². The lowest BCUT2D eigenvalue weighted by Crippen LogP contribution is -2.20. The average Bonchev–Trinajstić information content (AvgIpc) is 3.08. The van der Waals surface area contributed by atoms with Crippen LogP contribution in [0.25, 0.3) is 0 Å². The van der Waals surface area contributed by atoms with E-state index < -0.39 is 0 Å². The lowest BCUT2D eigenvalue weighted by atomic mass is 10.00. The van der Waals surface area contributed by atoms with E-state index in [0.29, 0.717) is 145 Å². The van der Waals surface area contributed by atoms with Gasteiger partial charge in [-0.25, -0.2) is 0 Å². The molecule has 0 spiro atoms. The number of nitrogens with one attached hydrogen (secondary N) is 1. The Morgan fingerprint density at radius 3 is 0.979 bits per heavy atom. The molecule has 0 aliphatic carbocycles. The van der Waals surface area contributed by atoms with Gasteiger partial charge in [0, 0.05) is 6.54 Å². The molecule has 0 amide bonds. The first-order valence-corrected chi connectivity index (χ1v) is 17.4. The van der Waals surface area contributed by atoms with Crippen molar-refractivity contribution in [2.75, 3.05) is 166 Å². The zero-order valence-corrected chi connectivity index (χ0v) is 29.7. The molecule has 1 unspecified atom stereocenters. The van der Waals surface area contributed by atoms with Crippen molar-refractivity contribution < 1.29 is 61.6 Å². The van der Waals surface area contributed by atoms with E-state index in [-0.39, 0.29) is 18.5 Å². The number of unbranched alkanes of at least 4 members (excludes halogenated alkanes) is 1. The van der Waals surface area contributed by atoms with E-state index in [1.54, 1.807) is 0 Å². The summed E-state index contributed by atoms with van der Waals surface area (Å²) >= 11 is 0. The molecule has 1 N–H and O–H groups in total. The lowest BCUT2D eigenvalue weighted by Gasteiger charge is -2.13. The van der Waals surface area contributed by atoms with Gasteiger partial charge in [-0.1, -0.05) is 26.7 Å². The molecule has 0 heterocycles. The van der Waals surface area contributed by atoms with Crippen LogP contribution in [0.5, 0.6) is 0 Å². The Morgan fingerprint density at radius 2 is 0.723 bits per heavy atom. The van der Waals surface area contributed by atoms with Gasteiger partial charge in [0.15, 0.2) is 0 Å². The molecule has 0 aromatic rings. The van der Waals surface area contributed by atoms with Gasteiger partial charge in [0.25, 0.3) is 0 Å². The van der Waals surface area contributed by atoms with E-state index in [4.69, 9.17) is 56.8 Å². The van der Waals surface area contributed by atoms with Crippen LogP contribution in [0.4, 0.5) is 0 Å². The summed E-state index contributed by atoms with van der Waals surface area (Å²) in [4.78, 5) is 12.0. The number of carbonyl (C=O) groups excluding carboxylic acids is 1. The van der Waals surface area contributed by atoms with Crippen molar-refractivity contribution in [1.29, 1.82) is 0 Å². The number of carbonyl (C=O) groups is 1. The minimum atomic E-state index is -0.120. The minimum absolute atomic E-state index is 0.00309. The van der Waals surface area contributed by atoms with Gasteiger partial charge in [0.2, 0.25) is 0 Å². The maximum Gasteiger partial charge on any atom is 0.308 e. The molecule has 0 aliphatic rings. The van der Waals surface area contributed by atoms with Gasteiger partial charge in [0.05, 0.1) is 151 Å². The third-order valence-corrected chi connectivity index (χ3v) is 6.42. The van der Waals surface area contributed by atoms with E-state index in [1.807, 2.05) is 14.0 Å². The van der Waals surface area contributed by atoms with Crippen LogP contribution < -0.4 is 5.32 Å². The third kappa shape index (κ3) is 37.7. The molecule has 14 nitrogen and oxygen atoms in total. The summed E-state index contributed by atoms with van der Waals surface area (Å²) in [5.74, 6) is -0.123. The van der Waals surface area contributed by atoms with Crippen LogP contribution in [0.3, 0.4) is 0 Å². The molecular weight excluding hydrogens is 618 g/mol. The van der Waals surface area contributed by atoms with E-state index >= 15 is 0 Å². The van der Waals surface area contributed by atoms with E-state index in [2.05, 4.69) is 12.2 Å². The first-order valence-electron chi connectivity index (χ1n) is 17.4. The van der Waals surface area contributed by atoms with Crippen LogP contribution in [0, 0.1) is 5.92 Å². The second-order valence-electron chi connectivity index (χ2n) is 10.3. The number of rotatable bonds is 41. The molecular formula is C33H67NO13. The highest BCUT2D eigenvalue weighted by molar-refractivity contribution is 5.72. The van der Waals surface area contributed by atoms with E-state index in [0.717, 1.165) is 32.2 Å². The number of hydrogen-bond acceptors (Lipinski definition) is 14. The minimum Gasteiger partial charge on any atom is -0.463 e. The molecule has 0 aromatic heterocycles. The van der Waals surface area contributed by atoms with Gasteiger partial charge in [-0.2, -0.15) is 0 Å². The van der Waals surface area contributed by atoms with Gasteiger partial charge < -0.3 is 62.2 Å². The second kappa shape index (κ2) is 41.2. The molecule has 0 aromatic carbocycles. The summed E-state index contributed by atoms with van der Waals surface area (Å²) < 4.78 is 65.3. The first kappa shape index (κ1) is 46.0. The molecule has 0 aliphatic heterocycles. The van der Waals surface area contributed by atoms with Crippen LogP contribution in [0.1, 0.15) is 39.5 Å². The van der Waals surface area contributed by atoms with E-state index in [9.17, 15) is 4.79 Å². The van der Waals surface area contributed by atoms with Crippen LogP contribution in [-0.2, 0) is 61.6 Å². The van der Waals surface area contributed by atoms with Crippen molar-refractivity contribution in [2.45, 2.75) is 39.5 Å². The summed E-state index contributed by atoms with van der Waals surface area (Å²) in [7, 11) is 1.89. The van der Waals surface area contributed by atoms with Gasteiger partial charge in [-0.15, -0.1) is 0 Å². The maximum absolute atomic E-state index is 12.0. The van der Waals surface area contributed by atoms with Crippen LogP contribution in [0.2, 0.25) is 0 Å². The molecule has 0 fully saturated rings. The smallest absolute Gasteiger partial charge is 0.308 e. The lowest BCUT2D eigenvalue weighted by molar-refractivity contribution is -0.150. The average molecular weight is 686 g/mol. The van der Waals surface area contributed by atoms with Crippen molar-refractivity contribution in [3.05, 3.63) is 0 Å². The highest BCUT2D eigenvalue weighted by atomic mass is 16.6. The summed E-state index contributed by atoms with van der Waals surface area (Å²) in [6.07, 6.45) is 3.84. The van der Waals surface area contributed by atoms with Gasteiger partial charge in [0.1, 0.15) is 6.61 Å². The van der Waals surface area contributed by atoms with Crippen molar-refractivity contribution in [1.82, 2.24) is 5.32 Å². The zero-order chi connectivity index (χ0) is 34.1. The number of ether oxygens (including phenoxy) is 12. The predicted molar refractivity (Wildman–Crippen MR) is 177 cm³/mol. The van der Waals surface area contributed by atoms with Crippen LogP contribution in [0.15, 0.2) is 0 Å². The molecule has 282 valence electrons. The fourth-order valence-electron chi connectivity index (χ4n) is 3.73. The summed E-state index contributed by atoms with van der Waals surface area (Å²) in [6, 6.07) is 0. The van der Waals surface area contributed by atoms with Crippen molar-refractivity contribution in [2.24, 2.45) is 5.92 Å². The molecule has 0 radical (unpaired) electrons. The van der Waals surface area contributed by atoms with Gasteiger partial charge in [-0.3, -0.25) is 4.79 Å². The SMILES string of the molecule is CCCCC(CC)C(=O)OCCOCCOCCOCCOCCOCCOCCOCCOCCOCCOCCOCCNC. The monoisotopic (exact) mass is 685 g/mol. The van der Waals surface area contributed by atoms with Gasteiger partial charge in [-0.05, 0) is 19.9 Å². The Kier molecular flexibility index (Phi) is 40.3. The first-order chi connectivity index (χ1) is 23.3. The van der Waals surface area contributed by atoms with Crippen LogP contribution >= 0.6 is 0 Å². The van der Waals surface area contributed by atoms with Crippen molar-refractivity contribution >= 4 is 5.97 Å². The number of likely N-dealkylation sites (N-methyl/N-ethyl adjacent to an activating group) is 1. The number of hydrogen-bond donors (Lipinski definition) is 1. The van der Waals surface area contributed by atoms with Crippen molar-refractivity contribution in [3.63, 3.8) is 0 Å². The van der Waals surface area contributed by atoms with Crippen LogP contribution in [-0.4, -0.2) is 172 Å². The Morgan fingerprint density at radius 1 is 0.447 bits per heavy atom. The summed E-state index contributed by atoms with van der Waals surface area (Å²) in [5.41, 5.74) is 0. The number of esters is 1. The molecule has 0 saturated heterocycles. The Bertz CT molecular complexity index is 607. The largest absolute Gasteiger partial charge is 0.463 e. The fraction of sp³-hybridized carbons (Fsp3) is 0.970. The Balaban J connectivity index is 3.13. The summed E-state index contributed by atoms with van der Waals surface area (Å²) in [6.45, 7) is 16.6. The molecule has 0 saturated carbocycles. The molecule has 0 bridgehead atoms. The Hall–Kier alpha value is -1.01. The highest BCUT2D eigenvalue weighted by Gasteiger charge is 2.16. The normalized spacial score (nSPS) is 12.1. The standard InChI is InChI=1S/C33H67NO13/c1-4-6-7-32(5-2)33(35)47-31-30-46-29-28-45-27-26-44-25-24-43-23-22-42-21-20-41-19-18-40-17-16-39-15-14-38-13-12-37-11-10-36-9-8-34-3/h32,34H,4-31H2,1-3H3. The van der Waals surface area contributed by atoms with Gasteiger partial charge >= 0.3 is 5.97 Å². The highest BCUT2D eigenvalue weighted by Crippen LogP contribution is 2.14. The fourth-order valence-corrected chi connectivity index (χ4v) is 3.73. The van der Waals surface area contributed by atoms with Crippen molar-refractivity contribution in [3.8, 4) is 0 Å². The third-order valence-electron chi connectivity index (χ3n) is 6.42. The summed E-state index contributed by atoms with van der Waals surface area (Å²) in [5, 5.41) is 3.02. The predicted octanol–water partition coefficient (Wildman–Crippen LogP) is 2.15. The molecule has 47 heavy (non-hydrogen) atoms. The topological polar surface area (TPSA) is 140 Å². The molecule has 0 rings (SSSR count). The molecule has 1 atom stereocenters. The maximum atomic E-state index is 12.0. The quantitative estimate of drug-likeness (QED) is 0.0743. The zero-order valence-electron chi connectivity index (χ0n) is 29.7. The molecule has 14 heteroatoms. The second-order valence-corrected chi connectivity index (χ2v) is 10.3.